The van der Waals surface area contributed by atoms with Gasteiger partial charge in [-0.2, -0.15) is 5.10 Å². The Kier molecular flexibility index (Phi) is 5.87. The molecule has 0 bridgehead atoms. The molecule has 3 rings (SSSR count). The molecule has 0 aromatic heterocycles. The fourth-order valence-corrected chi connectivity index (χ4v) is 4.19. The molecule has 0 saturated carbocycles. The standard InChI is InChI=1S/C20H20ClN3O5S/c1-20(2,3)29-19(26)18-23-24(15-6-4-5-7-16(15)30(18,27)28)12-17(25)22-14-10-8-13(21)9-11-14/h4-11H,12H2,1-3H3,(H,22,25). The Labute approximate surface area is 179 Å². The Morgan fingerprint density at radius 2 is 1.73 bits per heavy atom. The molecule has 1 aliphatic rings. The van der Waals surface area contributed by atoms with E-state index >= 15 is 0 Å². The van der Waals surface area contributed by atoms with Crippen LogP contribution in [0.25, 0.3) is 0 Å². The summed E-state index contributed by atoms with van der Waals surface area (Å²) in [7, 11) is -4.20. The first-order valence-electron chi connectivity index (χ1n) is 8.96. The van der Waals surface area contributed by atoms with Crippen molar-refractivity contribution in [1.29, 1.82) is 0 Å². The number of nitrogens with one attached hydrogen (secondary N) is 1. The smallest absolute Gasteiger partial charge is 0.371 e. The maximum absolute atomic E-state index is 12.9. The molecule has 0 radical (unpaired) electrons. The first kappa shape index (κ1) is 21.8. The lowest BCUT2D eigenvalue weighted by atomic mass is 10.2. The van der Waals surface area contributed by atoms with Gasteiger partial charge in [0.2, 0.25) is 15.7 Å². The Bertz CT molecular complexity index is 1120. The predicted octanol–water partition coefficient (Wildman–Crippen LogP) is 3.23. The number of para-hydroxylation sites is 1. The molecule has 30 heavy (non-hydrogen) atoms. The number of sulfone groups is 1. The molecule has 1 aliphatic heterocycles. The lowest BCUT2D eigenvalue weighted by Crippen LogP contribution is -2.40. The average Bonchev–Trinajstić information content (AvgIpc) is 2.64. The maximum Gasteiger partial charge on any atom is 0.371 e. The molecule has 0 unspecified atom stereocenters. The van der Waals surface area contributed by atoms with Gasteiger partial charge in [0.25, 0.3) is 5.04 Å². The van der Waals surface area contributed by atoms with Crippen LogP contribution in [0.3, 0.4) is 0 Å². The summed E-state index contributed by atoms with van der Waals surface area (Å²) in [5, 5.41) is 7.56. The van der Waals surface area contributed by atoms with E-state index < -0.39 is 32.4 Å². The fourth-order valence-electron chi connectivity index (χ4n) is 2.68. The van der Waals surface area contributed by atoms with E-state index in [1.165, 1.54) is 23.2 Å². The van der Waals surface area contributed by atoms with Crippen LogP contribution in [0.5, 0.6) is 0 Å². The second kappa shape index (κ2) is 8.08. The summed E-state index contributed by atoms with van der Waals surface area (Å²) in [6, 6.07) is 12.5. The van der Waals surface area contributed by atoms with Gasteiger partial charge in [-0.05, 0) is 57.2 Å². The monoisotopic (exact) mass is 449 g/mol. The Balaban J connectivity index is 1.93. The highest BCUT2D eigenvalue weighted by atomic mass is 35.5. The number of rotatable bonds is 4. The number of fused-ring (bicyclic) bond motifs is 1. The van der Waals surface area contributed by atoms with Gasteiger partial charge in [-0.15, -0.1) is 0 Å². The van der Waals surface area contributed by atoms with Crippen molar-refractivity contribution in [3.63, 3.8) is 0 Å². The second-order valence-electron chi connectivity index (χ2n) is 7.49. The molecule has 8 nitrogen and oxygen atoms in total. The van der Waals surface area contributed by atoms with Crippen molar-refractivity contribution in [1.82, 2.24) is 0 Å². The number of anilines is 2. The zero-order valence-electron chi connectivity index (χ0n) is 16.5. The van der Waals surface area contributed by atoms with Gasteiger partial charge in [-0.25, -0.2) is 13.2 Å². The highest BCUT2D eigenvalue weighted by molar-refractivity contribution is 8.08. The van der Waals surface area contributed by atoms with Crippen LogP contribution < -0.4 is 10.3 Å². The molecule has 158 valence electrons. The third kappa shape index (κ3) is 4.80. The maximum atomic E-state index is 12.9. The summed E-state index contributed by atoms with van der Waals surface area (Å²) < 4.78 is 31.0. The lowest BCUT2D eigenvalue weighted by Gasteiger charge is -2.27. The van der Waals surface area contributed by atoms with Crippen molar-refractivity contribution in [2.24, 2.45) is 5.10 Å². The van der Waals surface area contributed by atoms with Crippen molar-refractivity contribution < 1.29 is 22.7 Å². The Morgan fingerprint density at radius 1 is 1.10 bits per heavy atom. The van der Waals surface area contributed by atoms with E-state index in [9.17, 15) is 18.0 Å². The average molecular weight is 450 g/mol. The lowest BCUT2D eigenvalue weighted by molar-refractivity contribution is -0.145. The number of carbonyl (C=O) groups excluding carboxylic acids is 2. The third-order valence-corrected chi connectivity index (χ3v) is 5.83. The van der Waals surface area contributed by atoms with Crippen LogP contribution >= 0.6 is 11.6 Å². The van der Waals surface area contributed by atoms with Gasteiger partial charge in [-0.3, -0.25) is 9.80 Å². The summed E-state index contributed by atoms with van der Waals surface area (Å²) in [6.45, 7) is 4.53. The topological polar surface area (TPSA) is 105 Å². The largest absolute Gasteiger partial charge is 0.455 e. The molecular weight excluding hydrogens is 430 g/mol. The minimum absolute atomic E-state index is 0.125. The van der Waals surface area contributed by atoms with Crippen LogP contribution in [-0.2, 0) is 24.2 Å². The second-order valence-corrected chi connectivity index (χ2v) is 9.76. The summed E-state index contributed by atoms with van der Waals surface area (Å²) in [6.07, 6.45) is 0. The summed E-state index contributed by atoms with van der Waals surface area (Å²) in [5.41, 5.74) is -0.210. The number of carbonyl (C=O) groups is 2. The molecule has 1 amide bonds. The van der Waals surface area contributed by atoms with Crippen molar-refractivity contribution in [3.05, 3.63) is 53.6 Å². The van der Waals surface area contributed by atoms with Gasteiger partial charge in [-0.1, -0.05) is 23.7 Å². The van der Waals surface area contributed by atoms with Gasteiger partial charge >= 0.3 is 5.97 Å². The molecule has 0 fully saturated rings. The number of hydrogen-bond acceptors (Lipinski definition) is 7. The van der Waals surface area contributed by atoms with E-state index in [-0.39, 0.29) is 17.1 Å². The molecule has 0 spiro atoms. The van der Waals surface area contributed by atoms with Gasteiger partial charge in [0.05, 0.1) is 10.6 Å². The van der Waals surface area contributed by atoms with Crippen LogP contribution in [0.15, 0.2) is 58.5 Å². The molecule has 0 aliphatic carbocycles. The zero-order valence-corrected chi connectivity index (χ0v) is 18.1. The van der Waals surface area contributed by atoms with Crippen LogP contribution in [0.4, 0.5) is 11.4 Å². The van der Waals surface area contributed by atoms with Crippen LogP contribution in [-0.4, -0.2) is 37.5 Å². The number of halogens is 1. The number of ether oxygens (including phenoxy) is 1. The van der Waals surface area contributed by atoms with E-state index in [2.05, 4.69) is 10.4 Å². The molecule has 0 atom stereocenters. The minimum Gasteiger partial charge on any atom is -0.455 e. The van der Waals surface area contributed by atoms with Gasteiger partial charge < -0.3 is 10.1 Å². The number of esters is 1. The Hall–Kier alpha value is -2.91. The summed E-state index contributed by atoms with van der Waals surface area (Å²) in [4.78, 5) is 24.9. The molecule has 2 aromatic rings. The highest BCUT2D eigenvalue weighted by Crippen LogP contribution is 2.32. The van der Waals surface area contributed by atoms with Crippen LogP contribution in [0.1, 0.15) is 20.8 Å². The predicted molar refractivity (Wildman–Crippen MR) is 114 cm³/mol. The highest BCUT2D eigenvalue weighted by Gasteiger charge is 2.40. The number of nitrogens with zero attached hydrogens (tertiary/aromatic N) is 2. The molecule has 10 heteroatoms. The van der Waals surface area contributed by atoms with Crippen LogP contribution in [0.2, 0.25) is 5.02 Å². The summed E-state index contributed by atoms with van der Waals surface area (Å²) in [5.74, 6) is -1.54. The number of hydrazone groups is 1. The van der Waals surface area contributed by atoms with E-state index in [0.29, 0.717) is 10.7 Å². The first-order chi connectivity index (χ1) is 14.0. The number of benzene rings is 2. The van der Waals surface area contributed by atoms with Gasteiger partial charge in [0.1, 0.15) is 12.1 Å². The molecule has 0 saturated heterocycles. The molecular formula is C20H20ClN3O5S. The van der Waals surface area contributed by atoms with Gasteiger partial charge in [0.15, 0.2) is 0 Å². The van der Waals surface area contributed by atoms with E-state index in [4.69, 9.17) is 16.3 Å². The zero-order chi connectivity index (χ0) is 22.1. The van der Waals surface area contributed by atoms with E-state index in [0.717, 1.165) is 0 Å². The number of amides is 1. The molecule has 1 N–H and O–H groups in total. The SMILES string of the molecule is CC(C)(C)OC(=O)C1=NN(CC(=O)Nc2ccc(Cl)cc2)c2ccccc2S1(=O)=O. The van der Waals surface area contributed by atoms with Crippen molar-refractivity contribution in [3.8, 4) is 0 Å². The van der Waals surface area contributed by atoms with Crippen LogP contribution in [0, 0.1) is 0 Å². The van der Waals surface area contributed by atoms with Crippen molar-refractivity contribution in [2.75, 3.05) is 16.9 Å². The first-order valence-corrected chi connectivity index (χ1v) is 10.8. The molecule has 1 heterocycles. The number of hydrogen-bond donors (Lipinski definition) is 1. The summed E-state index contributed by atoms with van der Waals surface area (Å²) >= 11 is 5.84. The Morgan fingerprint density at radius 3 is 2.37 bits per heavy atom. The normalized spacial score (nSPS) is 15.1. The van der Waals surface area contributed by atoms with E-state index in [1.807, 2.05) is 0 Å². The van der Waals surface area contributed by atoms with Gasteiger partial charge in [0, 0.05) is 10.7 Å². The fraction of sp³-hybridized carbons (Fsp3) is 0.250. The van der Waals surface area contributed by atoms with Crippen molar-refractivity contribution >= 4 is 49.7 Å². The van der Waals surface area contributed by atoms with E-state index in [1.54, 1.807) is 51.1 Å². The molecule has 2 aromatic carbocycles. The van der Waals surface area contributed by atoms with Crippen molar-refractivity contribution in [2.45, 2.75) is 31.3 Å². The minimum atomic E-state index is -4.20. The third-order valence-electron chi connectivity index (χ3n) is 3.89. The quantitative estimate of drug-likeness (QED) is 0.718.